The predicted molar refractivity (Wildman–Crippen MR) is 129 cm³/mol. The molecule has 1 amide bonds. The van der Waals surface area contributed by atoms with Crippen LogP contribution in [-0.4, -0.2) is 50.5 Å². The van der Waals surface area contributed by atoms with E-state index in [0.717, 1.165) is 41.1 Å². The molecule has 1 aliphatic heterocycles. The summed E-state index contributed by atoms with van der Waals surface area (Å²) in [6, 6.07) is 16.1. The summed E-state index contributed by atoms with van der Waals surface area (Å²) < 4.78 is 7.34. The Bertz CT molecular complexity index is 1230. The molecule has 3 heterocycles. The van der Waals surface area contributed by atoms with Crippen LogP contribution in [0.25, 0.3) is 11.3 Å². The Hall–Kier alpha value is -3.52. The van der Waals surface area contributed by atoms with E-state index in [2.05, 4.69) is 45.7 Å². The number of hydrogen-bond donors (Lipinski definition) is 1. The minimum atomic E-state index is -0.193. The van der Waals surface area contributed by atoms with Crippen LogP contribution in [0.1, 0.15) is 34.1 Å². The van der Waals surface area contributed by atoms with Crippen LogP contribution in [0.5, 0.6) is 5.75 Å². The number of H-pyrrole nitrogens is 1. The number of rotatable bonds is 8. The topological polar surface area (TPSA) is 76.0 Å². The van der Waals surface area contributed by atoms with E-state index < -0.39 is 0 Å². The van der Waals surface area contributed by atoms with Crippen molar-refractivity contribution in [3.8, 4) is 17.0 Å². The van der Waals surface area contributed by atoms with Gasteiger partial charge in [0, 0.05) is 41.5 Å². The predicted octanol–water partition coefficient (Wildman–Crippen LogP) is 4.64. The number of hydrogen-bond acceptors (Lipinski definition) is 5. The zero-order valence-corrected chi connectivity index (χ0v) is 19.4. The van der Waals surface area contributed by atoms with Gasteiger partial charge in [0.2, 0.25) is 0 Å². The summed E-state index contributed by atoms with van der Waals surface area (Å²) in [5.41, 5.74) is 4.34. The highest BCUT2D eigenvalue weighted by atomic mass is 32.2. The Morgan fingerprint density at radius 1 is 1.09 bits per heavy atom. The van der Waals surface area contributed by atoms with Crippen molar-refractivity contribution in [3.63, 3.8) is 0 Å². The van der Waals surface area contributed by atoms with Crippen LogP contribution >= 0.6 is 11.8 Å². The summed E-state index contributed by atoms with van der Waals surface area (Å²) in [5, 5.41) is 7.58. The molecular weight excluding hydrogens is 434 g/mol. The van der Waals surface area contributed by atoms with Crippen LogP contribution in [-0.2, 0) is 6.54 Å². The van der Waals surface area contributed by atoms with Crippen molar-refractivity contribution in [2.24, 2.45) is 0 Å². The molecule has 0 aliphatic carbocycles. The fourth-order valence-corrected chi connectivity index (χ4v) is 4.78. The number of carbonyl (C=O) groups is 1. The molecule has 1 N–H and O–H groups in total. The Morgan fingerprint density at radius 2 is 1.88 bits per heavy atom. The zero-order chi connectivity index (χ0) is 22.8. The number of ether oxygens (including phenoxy) is 1. The smallest absolute Gasteiger partial charge is 0.273 e. The number of imidazole rings is 1. The minimum absolute atomic E-state index is 0.0122. The number of benzene rings is 2. The van der Waals surface area contributed by atoms with Crippen LogP contribution in [0.4, 0.5) is 0 Å². The van der Waals surface area contributed by atoms with Gasteiger partial charge in [-0.2, -0.15) is 5.10 Å². The molecule has 7 nitrogen and oxygen atoms in total. The van der Waals surface area contributed by atoms with E-state index in [0.29, 0.717) is 12.2 Å². The fourth-order valence-electron chi connectivity index (χ4n) is 4.37. The molecule has 8 heteroatoms. The number of thioether (sulfide) groups is 1. The molecule has 1 unspecified atom stereocenters. The number of nitrogens with zero attached hydrogens (tertiary/aromatic N) is 4. The highest BCUT2D eigenvalue weighted by Gasteiger charge is 2.41. The average molecular weight is 460 g/mol. The van der Waals surface area contributed by atoms with Gasteiger partial charge in [0.1, 0.15) is 11.4 Å². The monoisotopic (exact) mass is 459 g/mol. The first-order valence-corrected chi connectivity index (χ1v) is 12.1. The van der Waals surface area contributed by atoms with Gasteiger partial charge in [0.05, 0.1) is 25.2 Å². The maximum atomic E-state index is 13.5. The van der Waals surface area contributed by atoms with Gasteiger partial charge in [-0.05, 0) is 54.6 Å². The van der Waals surface area contributed by atoms with Crippen LogP contribution in [0, 0.1) is 0 Å². The summed E-state index contributed by atoms with van der Waals surface area (Å²) in [4.78, 5) is 20.7. The number of fused-ring (bicyclic) bond motifs is 1. The van der Waals surface area contributed by atoms with Gasteiger partial charge in [-0.1, -0.05) is 12.1 Å². The summed E-state index contributed by atoms with van der Waals surface area (Å²) in [6.45, 7) is 1.44. The number of nitrogens with one attached hydrogen (secondary N) is 1. The quantitative estimate of drug-likeness (QED) is 0.389. The van der Waals surface area contributed by atoms with Gasteiger partial charge in [0.25, 0.3) is 5.91 Å². The van der Waals surface area contributed by atoms with E-state index in [4.69, 9.17) is 4.74 Å². The molecule has 0 saturated carbocycles. The van der Waals surface area contributed by atoms with Crippen molar-refractivity contribution in [1.29, 1.82) is 0 Å². The molecule has 1 aliphatic rings. The number of aromatic nitrogens is 4. The van der Waals surface area contributed by atoms with Gasteiger partial charge in [-0.15, -0.1) is 11.8 Å². The van der Waals surface area contributed by atoms with Crippen LogP contribution in [0.2, 0.25) is 0 Å². The van der Waals surface area contributed by atoms with E-state index in [1.165, 1.54) is 4.90 Å². The van der Waals surface area contributed by atoms with Crippen molar-refractivity contribution in [3.05, 3.63) is 84.1 Å². The van der Waals surface area contributed by atoms with Crippen molar-refractivity contribution in [2.45, 2.75) is 23.9 Å². The molecule has 33 heavy (non-hydrogen) atoms. The third-order valence-corrected chi connectivity index (χ3v) is 6.78. The van der Waals surface area contributed by atoms with Crippen molar-refractivity contribution in [2.75, 3.05) is 19.9 Å². The first-order valence-electron chi connectivity index (χ1n) is 10.8. The normalized spacial score (nSPS) is 15.2. The first-order chi connectivity index (χ1) is 16.2. The van der Waals surface area contributed by atoms with Crippen molar-refractivity contribution >= 4 is 17.7 Å². The maximum absolute atomic E-state index is 13.5. The lowest BCUT2D eigenvalue weighted by Gasteiger charge is -2.26. The molecule has 0 fully saturated rings. The van der Waals surface area contributed by atoms with E-state index in [1.807, 2.05) is 39.9 Å². The van der Waals surface area contributed by atoms with Gasteiger partial charge in [0.15, 0.2) is 0 Å². The van der Waals surface area contributed by atoms with Gasteiger partial charge >= 0.3 is 0 Å². The second-order valence-corrected chi connectivity index (χ2v) is 8.80. The fraction of sp³-hybridized carbons (Fsp3) is 0.240. The third-order valence-electron chi connectivity index (χ3n) is 6.03. The summed E-state index contributed by atoms with van der Waals surface area (Å²) in [5.74, 6) is 0.772. The molecule has 1 atom stereocenters. The highest BCUT2D eigenvalue weighted by Crippen LogP contribution is 2.43. The average Bonchev–Trinajstić information content (AvgIpc) is 3.58. The first kappa shape index (κ1) is 21.3. The van der Waals surface area contributed by atoms with Gasteiger partial charge < -0.3 is 14.2 Å². The van der Waals surface area contributed by atoms with E-state index in [1.54, 1.807) is 31.4 Å². The number of amides is 1. The summed E-state index contributed by atoms with van der Waals surface area (Å²) in [7, 11) is 1.65. The Kier molecular flexibility index (Phi) is 5.92. The summed E-state index contributed by atoms with van der Waals surface area (Å²) in [6.07, 6.45) is 8.41. The lowest BCUT2D eigenvalue weighted by Crippen LogP contribution is -2.31. The SMILES string of the molecule is COc1ccc(-c2n[nH]c3c2C(c2ccc(SC)cc2)N(CCCn2ccnc2)C3=O)cc1. The summed E-state index contributed by atoms with van der Waals surface area (Å²) >= 11 is 1.70. The maximum Gasteiger partial charge on any atom is 0.273 e. The second-order valence-electron chi connectivity index (χ2n) is 7.92. The number of aromatic amines is 1. The van der Waals surface area contributed by atoms with Gasteiger partial charge in [-0.25, -0.2) is 4.98 Å². The molecular formula is C25H25N5O2S. The third kappa shape index (κ3) is 4.02. The Balaban J connectivity index is 1.51. The largest absolute Gasteiger partial charge is 0.497 e. The second kappa shape index (κ2) is 9.15. The molecule has 0 spiro atoms. The van der Waals surface area contributed by atoms with E-state index in [-0.39, 0.29) is 11.9 Å². The lowest BCUT2D eigenvalue weighted by atomic mass is 9.96. The standard InChI is InChI=1S/C25H25N5O2S/c1-32-19-8-4-17(5-9-19)22-21-23(28-27-22)25(31)30(14-3-13-29-15-12-26-16-29)24(21)18-6-10-20(33-2)11-7-18/h4-12,15-16,24H,3,13-14H2,1-2H3,(H,27,28). The zero-order valence-electron chi connectivity index (χ0n) is 18.6. The molecule has 2 aromatic carbocycles. The minimum Gasteiger partial charge on any atom is -0.497 e. The molecule has 5 rings (SSSR count). The van der Waals surface area contributed by atoms with Crippen LogP contribution < -0.4 is 4.74 Å². The Labute approximate surface area is 196 Å². The van der Waals surface area contributed by atoms with E-state index >= 15 is 0 Å². The molecule has 2 aromatic heterocycles. The molecule has 168 valence electrons. The Morgan fingerprint density at radius 3 is 2.55 bits per heavy atom. The van der Waals surface area contributed by atoms with Crippen LogP contribution in [0.3, 0.4) is 0 Å². The van der Waals surface area contributed by atoms with Crippen molar-refractivity contribution < 1.29 is 9.53 Å². The van der Waals surface area contributed by atoms with E-state index in [9.17, 15) is 4.79 Å². The number of aryl methyl sites for hydroxylation is 1. The molecule has 0 bridgehead atoms. The van der Waals surface area contributed by atoms with Crippen LogP contribution in [0.15, 0.2) is 72.1 Å². The molecule has 0 radical (unpaired) electrons. The highest BCUT2D eigenvalue weighted by molar-refractivity contribution is 7.98. The number of methoxy groups -OCH3 is 1. The lowest BCUT2D eigenvalue weighted by molar-refractivity contribution is 0.0739. The molecule has 4 aromatic rings. The van der Waals surface area contributed by atoms with Gasteiger partial charge in [-0.3, -0.25) is 9.89 Å². The number of carbonyl (C=O) groups excluding carboxylic acids is 1. The van der Waals surface area contributed by atoms with Crippen molar-refractivity contribution in [1.82, 2.24) is 24.6 Å². The molecule has 0 saturated heterocycles.